The predicted molar refractivity (Wildman–Crippen MR) is 125 cm³/mol. The van der Waals surface area contributed by atoms with Gasteiger partial charge in [-0.05, 0) is 42.5 Å². The molecule has 0 bridgehead atoms. The number of para-hydroxylation sites is 1. The Morgan fingerprint density at radius 2 is 1.70 bits per heavy atom. The van der Waals surface area contributed by atoms with Crippen molar-refractivity contribution >= 4 is 46.6 Å². The Kier molecular flexibility index (Phi) is 7.77. The van der Waals surface area contributed by atoms with Gasteiger partial charge in [-0.25, -0.2) is 4.79 Å². The number of methoxy groups -OCH3 is 1. The van der Waals surface area contributed by atoms with Crippen molar-refractivity contribution in [2.75, 3.05) is 23.5 Å². The Labute approximate surface area is 193 Å². The molecule has 2 N–H and O–H groups in total. The first-order valence-electron chi connectivity index (χ1n) is 9.63. The number of nitrogens with zero attached hydrogens (tertiary/aromatic N) is 1. The number of carbonyl (C=O) groups is 3. The highest BCUT2D eigenvalue weighted by Gasteiger charge is 2.14. The highest BCUT2D eigenvalue weighted by Crippen LogP contribution is 2.23. The summed E-state index contributed by atoms with van der Waals surface area (Å²) in [6.45, 7) is 0. The van der Waals surface area contributed by atoms with Gasteiger partial charge in [0, 0.05) is 28.3 Å². The third-order valence-electron chi connectivity index (χ3n) is 4.41. The van der Waals surface area contributed by atoms with Gasteiger partial charge in [-0.15, -0.1) is 11.8 Å². The summed E-state index contributed by atoms with van der Waals surface area (Å²) in [5.41, 5.74) is 1.31. The zero-order chi connectivity index (χ0) is 23.8. The van der Waals surface area contributed by atoms with Gasteiger partial charge in [-0.1, -0.05) is 18.2 Å². The number of ether oxygens (including phenoxy) is 1. The Balaban J connectivity index is 1.59. The molecule has 3 aromatic carbocycles. The minimum absolute atomic E-state index is 0.0786. The van der Waals surface area contributed by atoms with E-state index in [1.807, 2.05) is 0 Å². The summed E-state index contributed by atoms with van der Waals surface area (Å²) in [6, 6.07) is 18.8. The molecule has 0 unspecified atom stereocenters. The van der Waals surface area contributed by atoms with E-state index in [9.17, 15) is 24.5 Å². The molecule has 0 aromatic heterocycles. The molecule has 0 saturated carbocycles. The van der Waals surface area contributed by atoms with E-state index in [0.29, 0.717) is 11.4 Å². The van der Waals surface area contributed by atoms with Crippen LogP contribution in [-0.2, 0) is 9.53 Å². The number of esters is 1. The summed E-state index contributed by atoms with van der Waals surface area (Å²) in [7, 11) is 1.27. The van der Waals surface area contributed by atoms with Crippen molar-refractivity contribution in [3.05, 3.63) is 94.0 Å². The number of benzene rings is 3. The fraction of sp³-hybridized carbons (Fsp3) is 0.0870. The van der Waals surface area contributed by atoms with E-state index in [-0.39, 0.29) is 28.5 Å². The maximum atomic E-state index is 12.4. The highest BCUT2D eigenvalue weighted by molar-refractivity contribution is 8.00. The fourth-order valence-electron chi connectivity index (χ4n) is 2.82. The highest BCUT2D eigenvalue weighted by atomic mass is 32.2. The minimum atomic E-state index is -0.546. The summed E-state index contributed by atoms with van der Waals surface area (Å²) in [5, 5.41) is 16.2. The van der Waals surface area contributed by atoms with Crippen molar-refractivity contribution in [1.29, 1.82) is 0 Å². The molecule has 3 aromatic rings. The van der Waals surface area contributed by atoms with Crippen LogP contribution >= 0.6 is 11.8 Å². The van der Waals surface area contributed by atoms with Crippen LogP contribution in [0.1, 0.15) is 20.7 Å². The van der Waals surface area contributed by atoms with Crippen LogP contribution in [-0.4, -0.2) is 35.6 Å². The lowest BCUT2D eigenvalue weighted by atomic mass is 10.2. The van der Waals surface area contributed by atoms with Gasteiger partial charge in [-0.3, -0.25) is 19.7 Å². The number of anilines is 2. The van der Waals surface area contributed by atoms with Gasteiger partial charge in [0.2, 0.25) is 5.91 Å². The topological polar surface area (TPSA) is 128 Å². The number of nitro benzene ring substituents is 1. The molecule has 0 radical (unpaired) electrons. The van der Waals surface area contributed by atoms with Gasteiger partial charge in [0.15, 0.2) is 0 Å². The van der Waals surface area contributed by atoms with Gasteiger partial charge < -0.3 is 15.4 Å². The molecule has 0 aliphatic carbocycles. The van der Waals surface area contributed by atoms with Crippen molar-refractivity contribution < 1.29 is 24.0 Å². The quantitative estimate of drug-likeness (QED) is 0.219. The van der Waals surface area contributed by atoms with E-state index in [0.717, 1.165) is 4.90 Å². The van der Waals surface area contributed by atoms with Crippen LogP contribution in [0.3, 0.4) is 0 Å². The Morgan fingerprint density at radius 3 is 2.39 bits per heavy atom. The van der Waals surface area contributed by atoms with Gasteiger partial charge in [0.25, 0.3) is 11.6 Å². The summed E-state index contributed by atoms with van der Waals surface area (Å²) in [5.74, 6) is -1.19. The van der Waals surface area contributed by atoms with Crippen LogP contribution in [0.2, 0.25) is 0 Å². The number of non-ortho nitro benzene ring substituents is 1. The number of carbonyl (C=O) groups excluding carboxylic acids is 3. The van der Waals surface area contributed by atoms with E-state index in [4.69, 9.17) is 4.74 Å². The molecular weight excluding hydrogens is 446 g/mol. The predicted octanol–water partition coefficient (Wildman–Crippen LogP) is 4.36. The van der Waals surface area contributed by atoms with Gasteiger partial charge in [-0.2, -0.15) is 0 Å². The minimum Gasteiger partial charge on any atom is -0.465 e. The number of thioether (sulfide) groups is 1. The molecule has 10 heteroatoms. The van der Waals surface area contributed by atoms with Crippen LogP contribution in [0.5, 0.6) is 0 Å². The molecule has 168 valence electrons. The fourth-order valence-corrected chi connectivity index (χ4v) is 3.57. The van der Waals surface area contributed by atoms with Crippen LogP contribution in [0, 0.1) is 10.1 Å². The average molecular weight is 465 g/mol. The lowest BCUT2D eigenvalue weighted by molar-refractivity contribution is -0.384. The number of hydrogen-bond donors (Lipinski definition) is 2. The second-order valence-electron chi connectivity index (χ2n) is 6.66. The zero-order valence-electron chi connectivity index (χ0n) is 17.4. The standard InChI is InChI=1S/C23H19N3O6S/c1-32-23(29)19-7-2-3-8-20(19)25-21(27)14-33-18-6-4-5-16(13-18)24-22(28)15-9-11-17(12-10-15)26(30)31/h2-13H,14H2,1H3,(H,24,28)(H,25,27). The van der Waals surface area contributed by atoms with Gasteiger partial charge in [0.1, 0.15) is 0 Å². The van der Waals surface area contributed by atoms with Crippen molar-refractivity contribution in [3.63, 3.8) is 0 Å². The normalized spacial score (nSPS) is 10.2. The monoisotopic (exact) mass is 465 g/mol. The third-order valence-corrected chi connectivity index (χ3v) is 5.40. The largest absolute Gasteiger partial charge is 0.465 e. The first kappa shape index (κ1) is 23.5. The van der Waals surface area contributed by atoms with E-state index < -0.39 is 16.8 Å². The molecule has 0 heterocycles. The summed E-state index contributed by atoms with van der Waals surface area (Å²) in [4.78, 5) is 47.5. The number of nitrogens with one attached hydrogen (secondary N) is 2. The second kappa shape index (κ2) is 10.9. The average Bonchev–Trinajstić information content (AvgIpc) is 2.83. The Bertz CT molecular complexity index is 1200. The molecule has 0 aliphatic rings. The molecule has 0 saturated heterocycles. The van der Waals surface area contributed by atoms with Crippen molar-refractivity contribution in [2.45, 2.75) is 4.90 Å². The molecular formula is C23H19N3O6S. The summed E-state index contributed by atoms with van der Waals surface area (Å²) >= 11 is 1.26. The number of hydrogen-bond acceptors (Lipinski definition) is 7. The second-order valence-corrected chi connectivity index (χ2v) is 7.71. The van der Waals surface area contributed by atoms with E-state index in [1.165, 1.54) is 43.1 Å². The third kappa shape index (κ3) is 6.40. The van der Waals surface area contributed by atoms with Crippen LogP contribution in [0.25, 0.3) is 0 Å². The molecule has 9 nitrogen and oxygen atoms in total. The number of nitro groups is 1. The smallest absolute Gasteiger partial charge is 0.339 e. The van der Waals surface area contributed by atoms with Crippen LogP contribution in [0.4, 0.5) is 17.1 Å². The van der Waals surface area contributed by atoms with Crippen LogP contribution < -0.4 is 10.6 Å². The van der Waals surface area contributed by atoms with E-state index in [2.05, 4.69) is 10.6 Å². The van der Waals surface area contributed by atoms with E-state index in [1.54, 1.807) is 48.5 Å². The van der Waals surface area contributed by atoms with Crippen molar-refractivity contribution in [2.24, 2.45) is 0 Å². The molecule has 3 rings (SSSR count). The van der Waals surface area contributed by atoms with Crippen molar-refractivity contribution in [1.82, 2.24) is 0 Å². The summed E-state index contributed by atoms with van der Waals surface area (Å²) in [6.07, 6.45) is 0. The zero-order valence-corrected chi connectivity index (χ0v) is 18.3. The van der Waals surface area contributed by atoms with Crippen molar-refractivity contribution in [3.8, 4) is 0 Å². The first-order chi connectivity index (χ1) is 15.9. The molecule has 0 aliphatic heterocycles. The summed E-state index contributed by atoms with van der Waals surface area (Å²) < 4.78 is 4.72. The van der Waals surface area contributed by atoms with E-state index >= 15 is 0 Å². The SMILES string of the molecule is COC(=O)c1ccccc1NC(=O)CSc1cccc(NC(=O)c2ccc([N+](=O)[O-])cc2)c1. The lowest BCUT2D eigenvalue weighted by Gasteiger charge is -2.10. The number of rotatable bonds is 8. The molecule has 0 fully saturated rings. The molecule has 0 atom stereocenters. The lowest BCUT2D eigenvalue weighted by Crippen LogP contribution is -2.17. The number of amides is 2. The van der Waals surface area contributed by atoms with Gasteiger partial charge in [0.05, 0.1) is 29.0 Å². The molecule has 2 amide bonds. The maximum Gasteiger partial charge on any atom is 0.339 e. The van der Waals surface area contributed by atoms with Gasteiger partial charge >= 0.3 is 5.97 Å². The maximum absolute atomic E-state index is 12.4. The molecule has 33 heavy (non-hydrogen) atoms. The Morgan fingerprint density at radius 1 is 0.970 bits per heavy atom. The van der Waals surface area contributed by atoms with Crippen LogP contribution in [0.15, 0.2) is 77.7 Å². The first-order valence-corrected chi connectivity index (χ1v) is 10.6. The molecule has 0 spiro atoms. The Hall–Kier alpha value is -4.18.